The maximum absolute atomic E-state index is 12.0. The van der Waals surface area contributed by atoms with Gasteiger partial charge in [-0.1, -0.05) is 29.8 Å². The van der Waals surface area contributed by atoms with Gasteiger partial charge in [-0.3, -0.25) is 9.00 Å². The average Bonchev–Trinajstić information content (AvgIpc) is 2.55. The molecule has 0 spiro atoms. The average molecular weight is 338 g/mol. The summed E-state index contributed by atoms with van der Waals surface area (Å²) in [5, 5.41) is 3.19. The first-order valence-electron chi connectivity index (χ1n) is 6.67. The molecule has 0 radical (unpaired) electrons. The molecule has 0 bridgehead atoms. The smallest absolute Gasteiger partial charge is 0.251 e. The molecule has 2 aromatic rings. The largest absolute Gasteiger partial charge is 0.495 e. The van der Waals surface area contributed by atoms with Gasteiger partial charge < -0.3 is 10.1 Å². The molecule has 0 aromatic heterocycles. The fourth-order valence-electron chi connectivity index (χ4n) is 1.85. The summed E-state index contributed by atoms with van der Waals surface area (Å²) in [4.78, 5) is 12.8. The van der Waals surface area contributed by atoms with Gasteiger partial charge in [-0.05, 0) is 30.3 Å². The van der Waals surface area contributed by atoms with E-state index in [0.29, 0.717) is 28.6 Å². The number of carbonyl (C=O) groups excluding carboxylic acids is 1. The van der Waals surface area contributed by atoms with E-state index in [9.17, 15) is 9.00 Å². The van der Waals surface area contributed by atoms with Crippen LogP contribution in [0.2, 0.25) is 5.02 Å². The van der Waals surface area contributed by atoms with Gasteiger partial charge in [0.2, 0.25) is 0 Å². The van der Waals surface area contributed by atoms with E-state index in [-0.39, 0.29) is 5.91 Å². The summed E-state index contributed by atoms with van der Waals surface area (Å²) in [6, 6.07) is 14.0. The second-order valence-electron chi connectivity index (χ2n) is 4.47. The predicted molar refractivity (Wildman–Crippen MR) is 88.1 cm³/mol. The number of rotatable bonds is 6. The van der Waals surface area contributed by atoms with Crippen LogP contribution in [0, 0.1) is 0 Å². The fraction of sp³-hybridized carbons (Fsp3) is 0.188. The molecule has 0 saturated heterocycles. The maximum atomic E-state index is 12.0. The van der Waals surface area contributed by atoms with Gasteiger partial charge in [0.1, 0.15) is 5.75 Å². The van der Waals surface area contributed by atoms with Gasteiger partial charge in [-0.2, -0.15) is 0 Å². The summed E-state index contributed by atoms with van der Waals surface area (Å²) in [5.41, 5.74) is 0.451. The number of benzene rings is 2. The standard InChI is InChI=1S/C16H16ClNO3S/c1-21-15-11-12(7-8-14(15)17)16(19)18-9-10-22(20)13-5-3-2-4-6-13/h2-8,11H,9-10H2,1H3,(H,18,19). The Hall–Kier alpha value is -1.85. The van der Waals surface area contributed by atoms with Crippen molar-refractivity contribution in [1.82, 2.24) is 5.32 Å². The molecule has 0 fully saturated rings. The Labute approximate surface area is 136 Å². The second-order valence-corrected chi connectivity index (χ2v) is 6.45. The summed E-state index contributed by atoms with van der Waals surface area (Å²) in [6.07, 6.45) is 0. The van der Waals surface area contributed by atoms with E-state index >= 15 is 0 Å². The molecular weight excluding hydrogens is 322 g/mol. The van der Waals surface area contributed by atoms with Gasteiger partial charge in [0, 0.05) is 22.8 Å². The third-order valence-corrected chi connectivity index (χ3v) is 4.68. The van der Waals surface area contributed by atoms with Gasteiger partial charge in [0.05, 0.1) is 22.9 Å². The van der Waals surface area contributed by atoms with Crippen molar-refractivity contribution in [1.29, 1.82) is 0 Å². The molecule has 1 amide bonds. The Morgan fingerprint density at radius 2 is 1.95 bits per heavy atom. The first kappa shape index (κ1) is 16.5. The quantitative estimate of drug-likeness (QED) is 0.881. The topological polar surface area (TPSA) is 55.4 Å². The highest BCUT2D eigenvalue weighted by Gasteiger charge is 2.10. The Balaban J connectivity index is 1.89. The van der Waals surface area contributed by atoms with Crippen LogP contribution in [0.5, 0.6) is 5.75 Å². The van der Waals surface area contributed by atoms with Crippen molar-refractivity contribution in [2.45, 2.75) is 4.90 Å². The number of nitrogens with one attached hydrogen (secondary N) is 1. The van der Waals surface area contributed by atoms with Gasteiger partial charge in [-0.15, -0.1) is 0 Å². The molecule has 22 heavy (non-hydrogen) atoms. The molecule has 0 saturated carbocycles. The van der Waals surface area contributed by atoms with Crippen LogP contribution >= 0.6 is 11.6 Å². The summed E-state index contributed by atoms with van der Waals surface area (Å²) < 4.78 is 17.1. The Bertz CT molecular complexity index is 676. The third-order valence-electron chi connectivity index (χ3n) is 2.99. The third kappa shape index (κ3) is 4.32. The van der Waals surface area contributed by atoms with Crippen LogP contribution in [0.1, 0.15) is 10.4 Å². The summed E-state index contributed by atoms with van der Waals surface area (Å²) in [6.45, 7) is 0.325. The van der Waals surface area contributed by atoms with Crippen LogP contribution in [0.15, 0.2) is 53.4 Å². The van der Waals surface area contributed by atoms with E-state index in [1.54, 1.807) is 18.2 Å². The molecule has 0 aliphatic rings. The molecule has 1 atom stereocenters. The zero-order valence-electron chi connectivity index (χ0n) is 12.0. The molecule has 2 rings (SSSR count). The summed E-state index contributed by atoms with van der Waals surface area (Å²) >= 11 is 5.92. The van der Waals surface area contributed by atoms with E-state index in [4.69, 9.17) is 16.3 Å². The molecule has 0 aliphatic carbocycles. The summed E-state index contributed by atoms with van der Waals surface area (Å²) in [5.74, 6) is 0.558. The van der Waals surface area contributed by atoms with E-state index in [2.05, 4.69) is 5.32 Å². The fourth-order valence-corrected chi connectivity index (χ4v) is 3.03. The first-order chi connectivity index (χ1) is 10.6. The molecule has 4 nitrogen and oxygen atoms in total. The molecule has 0 aliphatic heterocycles. The van der Waals surface area contributed by atoms with E-state index in [1.807, 2.05) is 30.3 Å². The lowest BCUT2D eigenvalue weighted by Crippen LogP contribution is -2.27. The van der Waals surface area contributed by atoms with Crippen molar-refractivity contribution in [2.75, 3.05) is 19.4 Å². The molecule has 116 valence electrons. The molecular formula is C16H16ClNO3S. The predicted octanol–water partition coefficient (Wildman–Crippen LogP) is 2.89. The Morgan fingerprint density at radius 3 is 2.64 bits per heavy atom. The minimum absolute atomic E-state index is 0.250. The van der Waals surface area contributed by atoms with E-state index < -0.39 is 10.8 Å². The number of methoxy groups -OCH3 is 1. The van der Waals surface area contributed by atoms with Crippen LogP contribution in [-0.4, -0.2) is 29.5 Å². The number of halogens is 1. The van der Waals surface area contributed by atoms with Gasteiger partial charge in [-0.25, -0.2) is 0 Å². The van der Waals surface area contributed by atoms with Gasteiger partial charge >= 0.3 is 0 Å². The number of amides is 1. The van der Waals surface area contributed by atoms with Crippen molar-refractivity contribution in [3.8, 4) is 5.75 Å². The lowest BCUT2D eigenvalue weighted by atomic mass is 10.2. The second kappa shape index (κ2) is 7.96. The van der Waals surface area contributed by atoms with E-state index in [0.717, 1.165) is 4.90 Å². The maximum Gasteiger partial charge on any atom is 0.251 e. The number of hydrogen-bond acceptors (Lipinski definition) is 3. The molecule has 1 unspecified atom stereocenters. The van der Waals surface area contributed by atoms with Crippen LogP contribution in [-0.2, 0) is 10.8 Å². The molecule has 1 N–H and O–H groups in total. The number of carbonyl (C=O) groups is 1. The highest BCUT2D eigenvalue weighted by molar-refractivity contribution is 7.85. The van der Waals surface area contributed by atoms with Gasteiger partial charge in [0.15, 0.2) is 0 Å². The zero-order chi connectivity index (χ0) is 15.9. The minimum atomic E-state index is -1.13. The Kier molecular flexibility index (Phi) is 5.98. The van der Waals surface area contributed by atoms with Gasteiger partial charge in [0.25, 0.3) is 5.91 Å². The zero-order valence-corrected chi connectivity index (χ0v) is 13.6. The van der Waals surface area contributed by atoms with E-state index in [1.165, 1.54) is 7.11 Å². The van der Waals surface area contributed by atoms with Crippen LogP contribution in [0.25, 0.3) is 0 Å². The molecule has 6 heteroatoms. The van der Waals surface area contributed by atoms with Crippen molar-refractivity contribution in [2.24, 2.45) is 0 Å². The van der Waals surface area contributed by atoms with Crippen molar-refractivity contribution < 1.29 is 13.7 Å². The lowest BCUT2D eigenvalue weighted by Gasteiger charge is -2.08. The van der Waals surface area contributed by atoms with Crippen molar-refractivity contribution >= 4 is 28.3 Å². The van der Waals surface area contributed by atoms with Crippen LogP contribution in [0.3, 0.4) is 0 Å². The summed E-state index contributed by atoms with van der Waals surface area (Å²) in [7, 11) is 0.366. The van der Waals surface area contributed by atoms with Crippen LogP contribution in [0.4, 0.5) is 0 Å². The monoisotopic (exact) mass is 337 g/mol. The minimum Gasteiger partial charge on any atom is -0.495 e. The van der Waals surface area contributed by atoms with Crippen molar-refractivity contribution in [3.63, 3.8) is 0 Å². The molecule has 2 aromatic carbocycles. The number of ether oxygens (including phenoxy) is 1. The lowest BCUT2D eigenvalue weighted by molar-refractivity contribution is 0.0956. The Morgan fingerprint density at radius 1 is 1.23 bits per heavy atom. The highest BCUT2D eigenvalue weighted by Crippen LogP contribution is 2.24. The molecule has 0 heterocycles. The van der Waals surface area contributed by atoms with Crippen LogP contribution < -0.4 is 10.1 Å². The van der Waals surface area contributed by atoms with Crippen molar-refractivity contribution in [3.05, 3.63) is 59.1 Å². The number of hydrogen-bond donors (Lipinski definition) is 1. The SMILES string of the molecule is COc1cc(C(=O)NCCS(=O)c2ccccc2)ccc1Cl. The first-order valence-corrected chi connectivity index (χ1v) is 8.36. The highest BCUT2D eigenvalue weighted by atomic mass is 35.5. The normalized spacial score (nSPS) is 11.7.